The minimum absolute atomic E-state index is 0.122. The first-order chi connectivity index (χ1) is 7.00. The molecule has 0 amide bonds. The summed E-state index contributed by atoms with van der Waals surface area (Å²) in [5.74, 6) is -1.21. The molecule has 1 aromatic rings. The molecule has 1 atom stereocenters. The second kappa shape index (κ2) is 4.74. The van der Waals surface area contributed by atoms with Crippen molar-refractivity contribution in [3.63, 3.8) is 0 Å². The quantitative estimate of drug-likeness (QED) is 0.760. The molecule has 1 aromatic heterocycles. The highest BCUT2D eigenvalue weighted by Crippen LogP contribution is 2.15. The van der Waals surface area contributed by atoms with Gasteiger partial charge in [0.15, 0.2) is 0 Å². The molecule has 0 aliphatic heterocycles. The number of carboxylic acid groups (broad SMARTS) is 1. The van der Waals surface area contributed by atoms with Gasteiger partial charge in [0, 0.05) is 12.6 Å². The van der Waals surface area contributed by atoms with Crippen LogP contribution < -0.4 is 5.73 Å². The first-order valence-electron chi connectivity index (χ1n) is 4.08. The predicted molar refractivity (Wildman–Crippen MR) is 46.3 cm³/mol. The van der Waals surface area contributed by atoms with Crippen molar-refractivity contribution in [2.45, 2.75) is 18.9 Å². The molecule has 1 heterocycles. The summed E-state index contributed by atoms with van der Waals surface area (Å²) in [6, 6.07) is -1.16. The Labute approximate surface area is 84.0 Å². The van der Waals surface area contributed by atoms with Crippen LogP contribution in [-0.4, -0.2) is 27.1 Å². The highest BCUT2D eigenvalue weighted by molar-refractivity contribution is 5.73. The summed E-state index contributed by atoms with van der Waals surface area (Å²) < 4.78 is 24.4. The molecule has 0 radical (unpaired) electrons. The Bertz CT molecular complexity index is 359. The highest BCUT2D eigenvalue weighted by atomic mass is 19.3. The zero-order valence-electron chi connectivity index (χ0n) is 7.60. The number of nitrogens with zero attached hydrogens (tertiary/aromatic N) is 2. The molecule has 0 aliphatic carbocycles. The lowest BCUT2D eigenvalue weighted by Crippen LogP contribution is -2.32. The molecule has 0 spiro atoms. The second-order valence-corrected chi connectivity index (χ2v) is 2.88. The van der Waals surface area contributed by atoms with Crippen molar-refractivity contribution >= 4 is 5.97 Å². The van der Waals surface area contributed by atoms with Crippen LogP contribution in [0.3, 0.4) is 0 Å². The number of aromatic nitrogens is 2. The Morgan fingerprint density at radius 1 is 1.53 bits per heavy atom. The Balaban J connectivity index is 2.78. The van der Waals surface area contributed by atoms with Crippen LogP contribution in [0.25, 0.3) is 0 Å². The van der Waals surface area contributed by atoms with E-state index in [1.54, 1.807) is 0 Å². The maximum atomic E-state index is 12.2. The smallest absolute Gasteiger partial charge is 0.320 e. The van der Waals surface area contributed by atoms with Gasteiger partial charge in [0.1, 0.15) is 11.7 Å². The number of alkyl halides is 2. The minimum Gasteiger partial charge on any atom is -0.480 e. The van der Waals surface area contributed by atoms with Gasteiger partial charge in [-0.25, -0.2) is 13.8 Å². The third kappa shape index (κ3) is 3.21. The number of hydrogen-bond donors (Lipinski definition) is 2. The molecule has 0 aliphatic rings. The van der Waals surface area contributed by atoms with Gasteiger partial charge in [0.2, 0.25) is 0 Å². The topological polar surface area (TPSA) is 89.1 Å². The van der Waals surface area contributed by atoms with E-state index in [0.717, 1.165) is 6.20 Å². The maximum absolute atomic E-state index is 12.2. The number of nitrogens with two attached hydrogens (primary N) is 1. The van der Waals surface area contributed by atoms with E-state index in [1.807, 2.05) is 0 Å². The summed E-state index contributed by atoms with van der Waals surface area (Å²) in [6.45, 7) is 0. The Hall–Kier alpha value is -1.63. The van der Waals surface area contributed by atoms with E-state index < -0.39 is 24.1 Å². The number of carboxylic acids is 1. The van der Waals surface area contributed by atoms with Gasteiger partial charge in [-0.05, 0) is 0 Å². The van der Waals surface area contributed by atoms with Crippen molar-refractivity contribution in [3.8, 4) is 0 Å². The Morgan fingerprint density at radius 2 is 2.20 bits per heavy atom. The first-order valence-corrected chi connectivity index (χ1v) is 4.08. The maximum Gasteiger partial charge on any atom is 0.320 e. The van der Waals surface area contributed by atoms with Crippen LogP contribution in [0.15, 0.2) is 12.4 Å². The molecule has 5 nitrogen and oxygen atoms in total. The van der Waals surface area contributed by atoms with Gasteiger partial charge in [-0.15, -0.1) is 0 Å². The zero-order chi connectivity index (χ0) is 11.4. The molecular weight excluding hydrogens is 208 g/mol. The Kier molecular flexibility index (Phi) is 3.62. The molecule has 1 rings (SSSR count). The average molecular weight is 217 g/mol. The summed E-state index contributed by atoms with van der Waals surface area (Å²) in [6.07, 6.45) is -0.698. The van der Waals surface area contributed by atoms with Crippen molar-refractivity contribution in [1.29, 1.82) is 0 Å². The lowest BCUT2D eigenvalue weighted by molar-refractivity contribution is -0.138. The summed E-state index contributed by atoms with van der Waals surface area (Å²) in [7, 11) is 0. The molecule has 1 unspecified atom stereocenters. The summed E-state index contributed by atoms with van der Waals surface area (Å²) in [5.41, 5.74) is 4.88. The number of aliphatic carboxylic acids is 1. The molecule has 0 aromatic carbocycles. The molecule has 7 heteroatoms. The van der Waals surface area contributed by atoms with Crippen molar-refractivity contribution < 1.29 is 18.7 Å². The largest absolute Gasteiger partial charge is 0.480 e. The van der Waals surface area contributed by atoms with Crippen LogP contribution >= 0.6 is 0 Å². The predicted octanol–water partition coefficient (Wildman–Crippen LogP) is 0.369. The van der Waals surface area contributed by atoms with E-state index in [-0.39, 0.29) is 12.1 Å². The lowest BCUT2D eigenvalue weighted by Gasteiger charge is -2.06. The van der Waals surface area contributed by atoms with Crippen LogP contribution in [0.4, 0.5) is 8.78 Å². The molecule has 0 saturated heterocycles. The standard InChI is InChI=1S/C8H9F2N3O2/c9-7(10)6-3-12-2-4(13-6)1-5(11)8(14)15/h2-3,5,7H,1,11H2,(H,14,15). The van der Waals surface area contributed by atoms with Crippen LogP contribution in [-0.2, 0) is 11.2 Å². The van der Waals surface area contributed by atoms with E-state index in [9.17, 15) is 13.6 Å². The fourth-order valence-electron chi connectivity index (χ4n) is 0.939. The van der Waals surface area contributed by atoms with E-state index in [2.05, 4.69) is 9.97 Å². The number of rotatable bonds is 4. The molecule has 0 bridgehead atoms. The molecule has 3 N–H and O–H groups in total. The van der Waals surface area contributed by atoms with E-state index in [4.69, 9.17) is 10.8 Å². The summed E-state index contributed by atoms with van der Waals surface area (Å²) in [4.78, 5) is 17.5. The van der Waals surface area contributed by atoms with Crippen LogP contribution in [0, 0.1) is 0 Å². The van der Waals surface area contributed by atoms with Gasteiger partial charge in [-0.1, -0.05) is 0 Å². The van der Waals surface area contributed by atoms with Crippen molar-refractivity contribution in [3.05, 3.63) is 23.8 Å². The summed E-state index contributed by atoms with van der Waals surface area (Å²) in [5, 5.41) is 8.50. The van der Waals surface area contributed by atoms with Gasteiger partial charge in [-0.2, -0.15) is 0 Å². The lowest BCUT2D eigenvalue weighted by atomic mass is 10.2. The van der Waals surface area contributed by atoms with Crippen molar-refractivity contribution in [1.82, 2.24) is 9.97 Å². The van der Waals surface area contributed by atoms with Gasteiger partial charge in [0.05, 0.1) is 11.9 Å². The fraction of sp³-hybridized carbons (Fsp3) is 0.375. The fourth-order valence-corrected chi connectivity index (χ4v) is 0.939. The zero-order valence-corrected chi connectivity index (χ0v) is 7.60. The number of hydrogen-bond acceptors (Lipinski definition) is 4. The summed E-state index contributed by atoms with van der Waals surface area (Å²) >= 11 is 0. The first kappa shape index (κ1) is 11.4. The molecule has 0 fully saturated rings. The van der Waals surface area contributed by atoms with Crippen LogP contribution in [0.5, 0.6) is 0 Å². The van der Waals surface area contributed by atoms with E-state index >= 15 is 0 Å². The van der Waals surface area contributed by atoms with E-state index in [1.165, 1.54) is 6.20 Å². The molecule has 0 saturated carbocycles. The van der Waals surface area contributed by atoms with Gasteiger partial charge in [-0.3, -0.25) is 9.78 Å². The normalized spacial score (nSPS) is 12.8. The van der Waals surface area contributed by atoms with E-state index in [0.29, 0.717) is 0 Å². The van der Waals surface area contributed by atoms with Gasteiger partial charge >= 0.3 is 5.97 Å². The second-order valence-electron chi connectivity index (χ2n) is 2.88. The van der Waals surface area contributed by atoms with Crippen LogP contribution in [0.1, 0.15) is 17.8 Å². The number of halogens is 2. The van der Waals surface area contributed by atoms with Crippen LogP contribution in [0.2, 0.25) is 0 Å². The Morgan fingerprint density at radius 3 is 2.73 bits per heavy atom. The SMILES string of the molecule is NC(Cc1cncc(C(F)F)n1)C(=O)O. The minimum atomic E-state index is -2.72. The third-order valence-corrected chi connectivity index (χ3v) is 1.67. The average Bonchev–Trinajstić information content (AvgIpc) is 2.18. The van der Waals surface area contributed by atoms with Crippen molar-refractivity contribution in [2.24, 2.45) is 5.73 Å². The monoisotopic (exact) mass is 217 g/mol. The number of carbonyl (C=O) groups is 1. The third-order valence-electron chi connectivity index (χ3n) is 1.67. The van der Waals surface area contributed by atoms with Crippen molar-refractivity contribution in [2.75, 3.05) is 0 Å². The van der Waals surface area contributed by atoms with Gasteiger partial charge < -0.3 is 10.8 Å². The molecule has 15 heavy (non-hydrogen) atoms. The van der Waals surface area contributed by atoms with Gasteiger partial charge in [0.25, 0.3) is 6.43 Å². The molecule has 82 valence electrons. The highest BCUT2D eigenvalue weighted by Gasteiger charge is 2.15. The molecular formula is C8H9F2N3O2.